The number of aliphatic hydroxyl groups excluding tert-OH is 2. The summed E-state index contributed by atoms with van der Waals surface area (Å²) in [5, 5.41) is 21.5. The van der Waals surface area contributed by atoms with Crippen molar-refractivity contribution in [2.45, 2.75) is 88.5 Å². The molecule has 3 aromatic rings. The van der Waals surface area contributed by atoms with E-state index in [4.69, 9.17) is 14.2 Å². The smallest absolute Gasteiger partial charge is 0.186 e. The normalized spacial score (nSPS) is 21.3. The van der Waals surface area contributed by atoms with Gasteiger partial charge in [0.25, 0.3) is 0 Å². The van der Waals surface area contributed by atoms with Gasteiger partial charge in [0.15, 0.2) is 6.29 Å². The molecular formula is C34H44O5. The molecule has 2 N–H and O–H groups in total. The standard InChI is InChI=1S/C34H44O5/c1-2-3-4-5-6-7-8-18-25-37-33-32(36)31(35)30(39-33)26-38-34(27-19-12-9-13-20-27,28-21-14-10-15-22-28)29-23-16-11-17-24-29/h9-17,19-24,30-33,35-36H,2-8,18,25-26H2,1H3/t30-,31-,32-,33-/m1/s1. The van der Waals surface area contributed by atoms with Crippen molar-refractivity contribution in [1.29, 1.82) is 0 Å². The largest absolute Gasteiger partial charge is 0.387 e. The first-order valence-corrected chi connectivity index (χ1v) is 14.6. The summed E-state index contributed by atoms with van der Waals surface area (Å²) in [4.78, 5) is 0. The average molecular weight is 533 g/mol. The molecule has 210 valence electrons. The van der Waals surface area contributed by atoms with Crippen molar-refractivity contribution in [2.75, 3.05) is 13.2 Å². The lowest BCUT2D eigenvalue weighted by atomic mass is 9.80. The SMILES string of the molecule is CCCCCCCCCCO[C@@H]1O[C@H](COC(c2ccccc2)(c2ccccc2)c2ccccc2)[C@@H](O)[C@H]1O. The third-order valence-corrected chi connectivity index (χ3v) is 7.60. The maximum atomic E-state index is 10.8. The maximum absolute atomic E-state index is 10.8. The lowest BCUT2D eigenvalue weighted by Gasteiger charge is -2.37. The van der Waals surface area contributed by atoms with Crippen molar-refractivity contribution in [3.63, 3.8) is 0 Å². The molecule has 1 fully saturated rings. The number of aliphatic hydroxyl groups is 2. The third kappa shape index (κ3) is 7.56. The zero-order valence-electron chi connectivity index (χ0n) is 23.2. The number of rotatable bonds is 16. The van der Waals surface area contributed by atoms with Gasteiger partial charge in [0.05, 0.1) is 6.61 Å². The van der Waals surface area contributed by atoms with Gasteiger partial charge >= 0.3 is 0 Å². The second-order valence-electron chi connectivity index (χ2n) is 10.5. The molecule has 4 atom stereocenters. The van der Waals surface area contributed by atoms with Gasteiger partial charge in [-0.25, -0.2) is 0 Å². The Kier molecular flexibility index (Phi) is 11.6. The van der Waals surface area contributed by atoms with Crippen LogP contribution < -0.4 is 0 Å². The number of ether oxygens (including phenoxy) is 3. The highest BCUT2D eigenvalue weighted by Crippen LogP contribution is 2.41. The Bertz CT molecular complexity index is 962. The second kappa shape index (κ2) is 15.3. The molecule has 4 rings (SSSR count). The quantitative estimate of drug-likeness (QED) is 0.161. The topological polar surface area (TPSA) is 68.2 Å². The summed E-state index contributed by atoms with van der Waals surface area (Å²) in [5.74, 6) is 0. The van der Waals surface area contributed by atoms with Gasteiger partial charge in [0.1, 0.15) is 23.9 Å². The molecule has 0 spiro atoms. The van der Waals surface area contributed by atoms with Gasteiger partial charge in [0.2, 0.25) is 0 Å². The van der Waals surface area contributed by atoms with Crippen LogP contribution in [0.1, 0.15) is 75.0 Å². The predicted octanol–water partition coefficient (Wildman–Crippen LogP) is 6.60. The van der Waals surface area contributed by atoms with E-state index in [0.29, 0.717) is 6.61 Å². The zero-order valence-corrected chi connectivity index (χ0v) is 23.2. The van der Waals surface area contributed by atoms with E-state index in [1.807, 2.05) is 54.6 Å². The Morgan fingerprint density at radius 3 is 1.59 bits per heavy atom. The van der Waals surface area contributed by atoms with E-state index in [9.17, 15) is 10.2 Å². The average Bonchev–Trinajstić information content (AvgIpc) is 3.26. The van der Waals surface area contributed by atoms with Crippen LogP contribution in [0.3, 0.4) is 0 Å². The summed E-state index contributed by atoms with van der Waals surface area (Å²) in [6, 6.07) is 30.3. The van der Waals surface area contributed by atoms with Crippen LogP contribution in [0.2, 0.25) is 0 Å². The molecule has 0 radical (unpaired) electrons. The van der Waals surface area contributed by atoms with Gasteiger partial charge in [0, 0.05) is 6.61 Å². The van der Waals surface area contributed by atoms with Crippen LogP contribution in [0.5, 0.6) is 0 Å². The Morgan fingerprint density at radius 2 is 1.10 bits per heavy atom. The molecule has 0 bridgehead atoms. The molecule has 0 amide bonds. The molecule has 39 heavy (non-hydrogen) atoms. The Balaban J connectivity index is 1.42. The summed E-state index contributed by atoms with van der Waals surface area (Å²) >= 11 is 0. The second-order valence-corrected chi connectivity index (χ2v) is 10.5. The van der Waals surface area contributed by atoms with Crippen molar-refractivity contribution < 1.29 is 24.4 Å². The fraction of sp³-hybridized carbons (Fsp3) is 0.471. The van der Waals surface area contributed by atoms with Crippen LogP contribution in [0.25, 0.3) is 0 Å². The van der Waals surface area contributed by atoms with E-state index in [0.717, 1.165) is 29.5 Å². The van der Waals surface area contributed by atoms with E-state index in [-0.39, 0.29) is 6.61 Å². The minimum Gasteiger partial charge on any atom is -0.387 e. The van der Waals surface area contributed by atoms with Gasteiger partial charge in [-0.3, -0.25) is 0 Å². The lowest BCUT2D eigenvalue weighted by molar-refractivity contribution is -0.176. The van der Waals surface area contributed by atoms with Gasteiger partial charge in [-0.2, -0.15) is 0 Å². The summed E-state index contributed by atoms with van der Waals surface area (Å²) in [6.07, 6.45) is 5.84. The van der Waals surface area contributed by atoms with Gasteiger partial charge < -0.3 is 24.4 Å². The summed E-state index contributed by atoms with van der Waals surface area (Å²) in [5.41, 5.74) is 1.99. The minimum absolute atomic E-state index is 0.0779. The van der Waals surface area contributed by atoms with Gasteiger partial charge in [-0.1, -0.05) is 143 Å². The summed E-state index contributed by atoms with van der Waals surface area (Å²) in [6.45, 7) is 2.81. The molecule has 0 unspecified atom stereocenters. The van der Waals surface area contributed by atoms with Crippen LogP contribution in [0.4, 0.5) is 0 Å². The minimum atomic E-state index is -1.12. The number of hydrogen-bond donors (Lipinski definition) is 2. The molecule has 1 heterocycles. The van der Waals surface area contributed by atoms with E-state index in [1.165, 1.54) is 38.5 Å². The first-order valence-electron chi connectivity index (χ1n) is 14.6. The number of benzene rings is 3. The fourth-order valence-electron chi connectivity index (χ4n) is 5.40. The van der Waals surface area contributed by atoms with Crippen LogP contribution in [0, 0.1) is 0 Å². The molecule has 1 aliphatic rings. The van der Waals surface area contributed by atoms with Crippen molar-refractivity contribution in [3.8, 4) is 0 Å². The van der Waals surface area contributed by atoms with Crippen molar-refractivity contribution >= 4 is 0 Å². The highest BCUT2D eigenvalue weighted by atomic mass is 16.7. The Hall–Kier alpha value is -2.54. The van der Waals surface area contributed by atoms with Crippen molar-refractivity contribution in [3.05, 3.63) is 108 Å². The Morgan fingerprint density at radius 1 is 0.641 bits per heavy atom. The molecule has 0 saturated carbocycles. The molecule has 3 aromatic carbocycles. The first-order chi connectivity index (χ1) is 19.2. The van der Waals surface area contributed by atoms with Crippen molar-refractivity contribution in [1.82, 2.24) is 0 Å². The van der Waals surface area contributed by atoms with E-state index in [1.54, 1.807) is 0 Å². The monoisotopic (exact) mass is 532 g/mol. The van der Waals surface area contributed by atoms with E-state index < -0.39 is 30.2 Å². The van der Waals surface area contributed by atoms with Gasteiger partial charge in [-0.05, 0) is 23.1 Å². The number of hydrogen-bond acceptors (Lipinski definition) is 5. The predicted molar refractivity (Wildman–Crippen MR) is 154 cm³/mol. The van der Waals surface area contributed by atoms with Crippen LogP contribution >= 0.6 is 0 Å². The summed E-state index contributed by atoms with van der Waals surface area (Å²) in [7, 11) is 0. The highest BCUT2D eigenvalue weighted by Gasteiger charge is 2.46. The van der Waals surface area contributed by atoms with Crippen LogP contribution in [0.15, 0.2) is 91.0 Å². The highest BCUT2D eigenvalue weighted by molar-refractivity contribution is 5.47. The molecule has 0 aromatic heterocycles. The lowest BCUT2D eigenvalue weighted by Crippen LogP contribution is -2.39. The van der Waals surface area contributed by atoms with E-state index in [2.05, 4.69) is 43.3 Å². The zero-order chi connectivity index (χ0) is 27.3. The van der Waals surface area contributed by atoms with Crippen LogP contribution in [-0.4, -0.2) is 48.0 Å². The first kappa shape index (κ1) is 29.4. The Labute approximate surface area is 233 Å². The van der Waals surface area contributed by atoms with Gasteiger partial charge in [-0.15, -0.1) is 0 Å². The molecule has 1 aliphatic heterocycles. The number of unbranched alkanes of at least 4 members (excludes halogenated alkanes) is 7. The maximum Gasteiger partial charge on any atom is 0.186 e. The van der Waals surface area contributed by atoms with Crippen molar-refractivity contribution in [2.24, 2.45) is 0 Å². The molecule has 0 aliphatic carbocycles. The molecular weight excluding hydrogens is 488 g/mol. The van der Waals surface area contributed by atoms with Crippen LogP contribution in [-0.2, 0) is 19.8 Å². The molecule has 1 saturated heterocycles. The third-order valence-electron chi connectivity index (χ3n) is 7.60. The molecule has 5 heteroatoms. The van der Waals surface area contributed by atoms with E-state index >= 15 is 0 Å². The molecule has 5 nitrogen and oxygen atoms in total. The summed E-state index contributed by atoms with van der Waals surface area (Å²) < 4.78 is 18.7. The fourth-order valence-corrected chi connectivity index (χ4v) is 5.40.